The second kappa shape index (κ2) is 3.98. The standard InChI is InChI=1S/C16H15NO/c1-10(2)11-7-8-12-13-5-3-4-6-15(13)17-16(18)14(12)9-11/h3-10H,1-2H3,(H,17,18). The molecule has 3 rings (SSSR count). The fraction of sp³-hybridized carbons (Fsp3) is 0.188. The third-order valence-corrected chi connectivity index (χ3v) is 3.42. The van der Waals surface area contributed by atoms with E-state index in [4.69, 9.17) is 0 Å². The van der Waals surface area contributed by atoms with Gasteiger partial charge < -0.3 is 4.98 Å². The largest absolute Gasteiger partial charge is 0.321 e. The Morgan fingerprint density at radius 1 is 0.944 bits per heavy atom. The summed E-state index contributed by atoms with van der Waals surface area (Å²) in [5.74, 6) is 0.431. The molecule has 0 aliphatic heterocycles. The summed E-state index contributed by atoms with van der Waals surface area (Å²) in [6.07, 6.45) is 0. The summed E-state index contributed by atoms with van der Waals surface area (Å²) in [6.45, 7) is 4.27. The summed E-state index contributed by atoms with van der Waals surface area (Å²) in [5, 5.41) is 2.90. The Bertz CT molecular complexity index is 784. The lowest BCUT2D eigenvalue weighted by atomic mass is 9.98. The first-order chi connectivity index (χ1) is 8.66. The SMILES string of the molecule is CC(C)c1ccc2c(c1)c(=O)[nH]c1ccccc12. The van der Waals surface area contributed by atoms with Crippen LogP contribution in [0.4, 0.5) is 0 Å². The highest BCUT2D eigenvalue weighted by atomic mass is 16.1. The molecular weight excluding hydrogens is 222 g/mol. The first-order valence-corrected chi connectivity index (χ1v) is 6.21. The molecule has 3 aromatic rings. The number of fused-ring (bicyclic) bond motifs is 3. The van der Waals surface area contributed by atoms with Crippen LogP contribution in [0.25, 0.3) is 21.7 Å². The molecule has 0 saturated carbocycles. The first kappa shape index (κ1) is 11.0. The highest BCUT2D eigenvalue weighted by Gasteiger charge is 2.07. The van der Waals surface area contributed by atoms with Gasteiger partial charge in [-0.2, -0.15) is 0 Å². The van der Waals surface area contributed by atoms with Gasteiger partial charge in [0.05, 0.1) is 0 Å². The number of benzene rings is 2. The van der Waals surface area contributed by atoms with Crippen LogP contribution in [0.2, 0.25) is 0 Å². The highest BCUT2D eigenvalue weighted by molar-refractivity contribution is 6.05. The number of hydrogen-bond acceptors (Lipinski definition) is 1. The van der Waals surface area contributed by atoms with E-state index in [0.29, 0.717) is 5.92 Å². The molecule has 0 fully saturated rings. The Balaban J connectivity index is 2.48. The van der Waals surface area contributed by atoms with Gasteiger partial charge in [-0.25, -0.2) is 0 Å². The van der Waals surface area contributed by atoms with E-state index in [2.05, 4.69) is 31.0 Å². The predicted molar refractivity (Wildman–Crippen MR) is 76.2 cm³/mol. The van der Waals surface area contributed by atoms with Crippen molar-refractivity contribution in [1.29, 1.82) is 0 Å². The van der Waals surface area contributed by atoms with Crippen molar-refractivity contribution >= 4 is 21.7 Å². The Morgan fingerprint density at radius 2 is 1.72 bits per heavy atom. The molecule has 0 spiro atoms. The van der Waals surface area contributed by atoms with Crippen LogP contribution in [0.15, 0.2) is 47.3 Å². The van der Waals surface area contributed by atoms with Gasteiger partial charge in [0.1, 0.15) is 0 Å². The normalized spacial score (nSPS) is 11.5. The fourth-order valence-corrected chi connectivity index (χ4v) is 2.36. The molecule has 2 aromatic carbocycles. The summed E-state index contributed by atoms with van der Waals surface area (Å²) in [6, 6.07) is 14.1. The number of para-hydroxylation sites is 1. The van der Waals surface area contributed by atoms with Crippen molar-refractivity contribution in [3.63, 3.8) is 0 Å². The molecule has 2 heteroatoms. The third kappa shape index (κ3) is 1.61. The molecule has 18 heavy (non-hydrogen) atoms. The maximum Gasteiger partial charge on any atom is 0.256 e. The van der Waals surface area contributed by atoms with Gasteiger partial charge >= 0.3 is 0 Å². The summed E-state index contributed by atoms with van der Waals surface area (Å²) >= 11 is 0. The minimum Gasteiger partial charge on any atom is -0.321 e. The van der Waals surface area contributed by atoms with Crippen LogP contribution in [-0.2, 0) is 0 Å². The number of aromatic nitrogens is 1. The zero-order chi connectivity index (χ0) is 12.7. The third-order valence-electron chi connectivity index (χ3n) is 3.42. The molecule has 0 aliphatic rings. The van der Waals surface area contributed by atoms with Gasteiger partial charge in [-0.15, -0.1) is 0 Å². The smallest absolute Gasteiger partial charge is 0.256 e. The van der Waals surface area contributed by atoms with Gasteiger partial charge in [0.2, 0.25) is 0 Å². The Morgan fingerprint density at radius 3 is 2.50 bits per heavy atom. The lowest BCUT2D eigenvalue weighted by molar-refractivity contribution is 0.868. The molecule has 0 unspecified atom stereocenters. The first-order valence-electron chi connectivity index (χ1n) is 6.21. The Labute approximate surface area is 105 Å². The van der Waals surface area contributed by atoms with Gasteiger partial charge in [-0.05, 0) is 29.0 Å². The van der Waals surface area contributed by atoms with Crippen molar-refractivity contribution in [3.05, 3.63) is 58.4 Å². The van der Waals surface area contributed by atoms with E-state index in [9.17, 15) is 4.79 Å². The van der Waals surface area contributed by atoms with E-state index >= 15 is 0 Å². The van der Waals surface area contributed by atoms with Crippen LogP contribution in [0, 0.1) is 0 Å². The lowest BCUT2D eigenvalue weighted by Gasteiger charge is -2.08. The van der Waals surface area contributed by atoms with Gasteiger partial charge in [0, 0.05) is 16.3 Å². The zero-order valence-electron chi connectivity index (χ0n) is 10.5. The summed E-state index contributed by atoms with van der Waals surface area (Å²) in [7, 11) is 0. The molecule has 1 heterocycles. The quantitative estimate of drug-likeness (QED) is 0.641. The van der Waals surface area contributed by atoms with Crippen LogP contribution in [0.5, 0.6) is 0 Å². The van der Waals surface area contributed by atoms with Crippen LogP contribution in [0.3, 0.4) is 0 Å². The van der Waals surface area contributed by atoms with Crippen molar-refractivity contribution < 1.29 is 0 Å². The molecule has 0 amide bonds. The summed E-state index contributed by atoms with van der Waals surface area (Å²) in [4.78, 5) is 15.1. The second-order valence-electron chi connectivity index (χ2n) is 4.96. The Hall–Kier alpha value is -2.09. The molecule has 0 atom stereocenters. The van der Waals surface area contributed by atoms with Crippen LogP contribution in [-0.4, -0.2) is 4.98 Å². The number of nitrogens with one attached hydrogen (secondary N) is 1. The minimum atomic E-state index is -0.00815. The number of rotatable bonds is 1. The number of H-pyrrole nitrogens is 1. The molecule has 0 bridgehead atoms. The molecule has 2 nitrogen and oxygen atoms in total. The van der Waals surface area contributed by atoms with E-state index < -0.39 is 0 Å². The van der Waals surface area contributed by atoms with Crippen molar-refractivity contribution in [3.8, 4) is 0 Å². The number of hydrogen-bond donors (Lipinski definition) is 1. The van der Waals surface area contributed by atoms with Crippen molar-refractivity contribution in [2.45, 2.75) is 19.8 Å². The average molecular weight is 237 g/mol. The minimum absolute atomic E-state index is 0.00815. The fourth-order valence-electron chi connectivity index (χ4n) is 2.36. The molecule has 0 aliphatic carbocycles. The van der Waals surface area contributed by atoms with E-state index in [1.165, 1.54) is 5.56 Å². The topological polar surface area (TPSA) is 32.9 Å². The maximum atomic E-state index is 12.1. The molecule has 1 aromatic heterocycles. The van der Waals surface area contributed by atoms with Crippen molar-refractivity contribution in [2.24, 2.45) is 0 Å². The number of pyridine rings is 1. The zero-order valence-corrected chi connectivity index (χ0v) is 10.5. The molecule has 90 valence electrons. The number of aromatic amines is 1. The molecule has 1 N–H and O–H groups in total. The van der Waals surface area contributed by atoms with E-state index in [1.807, 2.05) is 30.3 Å². The molecular formula is C16H15NO. The predicted octanol–water partition coefficient (Wildman–Crippen LogP) is 3.80. The van der Waals surface area contributed by atoms with Crippen LogP contribution < -0.4 is 5.56 Å². The summed E-state index contributed by atoms with van der Waals surface area (Å²) in [5.41, 5.74) is 2.08. The van der Waals surface area contributed by atoms with Gasteiger partial charge in [-0.3, -0.25) is 4.79 Å². The lowest BCUT2D eigenvalue weighted by Crippen LogP contribution is -2.06. The van der Waals surface area contributed by atoms with Crippen molar-refractivity contribution in [1.82, 2.24) is 4.98 Å². The van der Waals surface area contributed by atoms with Gasteiger partial charge in [0.15, 0.2) is 0 Å². The van der Waals surface area contributed by atoms with E-state index in [0.717, 1.165) is 21.7 Å². The highest BCUT2D eigenvalue weighted by Crippen LogP contribution is 2.24. The van der Waals surface area contributed by atoms with E-state index in [1.54, 1.807) is 0 Å². The maximum absolute atomic E-state index is 12.1. The van der Waals surface area contributed by atoms with Crippen LogP contribution >= 0.6 is 0 Å². The summed E-state index contributed by atoms with van der Waals surface area (Å²) < 4.78 is 0. The van der Waals surface area contributed by atoms with E-state index in [-0.39, 0.29) is 5.56 Å². The van der Waals surface area contributed by atoms with Crippen molar-refractivity contribution in [2.75, 3.05) is 0 Å². The van der Waals surface area contributed by atoms with Crippen LogP contribution in [0.1, 0.15) is 25.3 Å². The van der Waals surface area contributed by atoms with Gasteiger partial charge in [0.25, 0.3) is 5.56 Å². The molecule has 0 saturated heterocycles. The molecule has 0 radical (unpaired) electrons. The Kier molecular flexibility index (Phi) is 2.44. The van der Waals surface area contributed by atoms with Gasteiger partial charge in [-0.1, -0.05) is 44.2 Å². The average Bonchev–Trinajstić information content (AvgIpc) is 2.38. The monoisotopic (exact) mass is 237 g/mol. The second-order valence-corrected chi connectivity index (χ2v) is 4.96.